The lowest BCUT2D eigenvalue weighted by Crippen LogP contribution is -2.36. The first-order valence-corrected chi connectivity index (χ1v) is 8.14. The monoisotopic (exact) mass is 400 g/mol. The van der Waals surface area contributed by atoms with Gasteiger partial charge in [-0.15, -0.1) is 0 Å². The molecule has 3 aromatic rings. The van der Waals surface area contributed by atoms with Gasteiger partial charge < -0.3 is 10.4 Å². The van der Waals surface area contributed by atoms with E-state index in [4.69, 9.17) is 0 Å². The fourth-order valence-corrected chi connectivity index (χ4v) is 2.59. The average molecular weight is 400 g/mol. The number of rotatable bonds is 5. The maximum absolute atomic E-state index is 12.9. The van der Waals surface area contributed by atoms with Crippen LogP contribution in [0.3, 0.4) is 0 Å². The van der Waals surface area contributed by atoms with Crippen LogP contribution in [0.25, 0.3) is 5.69 Å². The van der Waals surface area contributed by atoms with Crippen LogP contribution in [0.1, 0.15) is 15.9 Å². The van der Waals surface area contributed by atoms with Gasteiger partial charge in [0.15, 0.2) is 5.56 Å². The third-order valence-electron chi connectivity index (χ3n) is 4.00. The summed E-state index contributed by atoms with van der Waals surface area (Å²) in [4.78, 5) is 47.4. The molecule has 0 atom stereocenters. The van der Waals surface area contributed by atoms with Crippen LogP contribution in [0.2, 0.25) is 0 Å². The number of amides is 1. The fraction of sp³-hybridized carbons (Fsp3) is 0.0556. The number of hydrogen-bond donors (Lipinski definition) is 3. The van der Waals surface area contributed by atoms with E-state index >= 15 is 0 Å². The van der Waals surface area contributed by atoms with Crippen LogP contribution in [0.4, 0.5) is 10.1 Å². The van der Waals surface area contributed by atoms with Gasteiger partial charge in [0.2, 0.25) is 5.75 Å². The van der Waals surface area contributed by atoms with Crippen molar-refractivity contribution in [1.82, 2.24) is 15.1 Å². The molecule has 0 unspecified atom stereocenters. The van der Waals surface area contributed by atoms with E-state index < -0.39 is 44.8 Å². The molecule has 1 heterocycles. The lowest BCUT2D eigenvalue weighted by atomic mass is 10.2. The highest BCUT2D eigenvalue weighted by Gasteiger charge is 2.24. The second-order valence-electron chi connectivity index (χ2n) is 5.86. The number of halogens is 1. The van der Waals surface area contributed by atoms with Crippen molar-refractivity contribution >= 4 is 11.6 Å². The summed E-state index contributed by atoms with van der Waals surface area (Å²) >= 11 is 0. The third-order valence-corrected chi connectivity index (χ3v) is 4.00. The van der Waals surface area contributed by atoms with Crippen molar-refractivity contribution in [1.29, 1.82) is 0 Å². The van der Waals surface area contributed by atoms with Crippen molar-refractivity contribution in [3.8, 4) is 11.4 Å². The van der Waals surface area contributed by atoms with E-state index in [0.717, 1.165) is 6.07 Å². The normalized spacial score (nSPS) is 10.5. The topological polar surface area (TPSA) is 147 Å². The zero-order valence-corrected chi connectivity index (χ0v) is 14.6. The molecule has 0 aliphatic carbocycles. The first-order chi connectivity index (χ1) is 13.8. The minimum Gasteiger partial charge on any atom is -0.502 e. The standard InChI is InChI=1S/C18H13FN4O6/c19-11-7-5-10(6-8-11)9-20-16(25)14-15(24)18(27)22(21-17(14)26)12-3-1-2-4-13(12)23(28)29/h1-8,24H,9H2,(H,20,25)(H,21,26). The third kappa shape index (κ3) is 3.88. The van der Waals surface area contributed by atoms with Gasteiger partial charge in [-0.2, -0.15) is 0 Å². The van der Waals surface area contributed by atoms with E-state index in [9.17, 15) is 34.0 Å². The van der Waals surface area contributed by atoms with Gasteiger partial charge in [-0.3, -0.25) is 29.6 Å². The van der Waals surface area contributed by atoms with E-state index in [1.54, 1.807) is 0 Å². The summed E-state index contributed by atoms with van der Waals surface area (Å²) in [6, 6.07) is 10.2. The minimum absolute atomic E-state index is 0.0920. The van der Waals surface area contributed by atoms with Gasteiger partial charge in [-0.05, 0) is 23.8 Å². The van der Waals surface area contributed by atoms with Crippen LogP contribution in [-0.2, 0) is 6.54 Å². The molecule has 0 radical (unpaired) electrons. The maximum atomic E-state index is 12.9. The molecule has 10 nitrogen and oxygen atoms in total. The van der Waals surface area contributed by atoms with Crippen LogP contribution < -0.4 is 16.4 Å². The van der Waals surface area contributed by atoms with Crippen molar-refractivity contribution in [2.45, 2.75) is 6.54 Å². The van der Waals surface area contributed by atoms with Crippen LogP contribution in [0.15, 0.2) is 58.1 Å². The Labute approximate surface area is 161 Å². The molecule has 0 spiro atoms. The molecule has 1 aromatic heterocycles. The molecule has 0 bridgehead atoms. The highest BCUT2D eigenvalue weighted by molar-refractivity contribution is 5.96. The van der Waals surface area contributed by atoms with Crippen molar-refractivity contribution in [3.05, 3.63) is 96.3 Å². The van der Waals surface area contributed by atoms with Gasteiger partial charge in [0.25, 0.3) is 17.2 Å². The van der Waals surface area contributed by atoms with Crippen molar-refractivity contribution in [2.75, 3.05) is 0 Å². The lowest BCUT2D eigenvalue weighted by molar-refractivity contribution is -0.384. The number of para-hydroxylation sites is 2. The summed E-state index contributed by atoms with van der Waals surface area (Å²) in [6.45, 7) is -0.0920. The Hall–Kier alpha value is -4.28. The highest BCUT2D eigenvalue weighted by atomic mass is 19.1. The highest BCUT2D eigenvalue weighted by Crippen LogP contribution is 2.20. The van der Waals surface area contributed by atoms with Gasteiger partial charge >= 0.3 is 5.56 Å². The van der Waals surface area contributed by atoms with Crippen molar-refractivity contribution < 1.29 is 19.2 Å². The SMILES string of the molecule is O=C(NCc1ccc(F)cc1)c1c(O)c(=O)n(-c2ccccc2[N+](=O)[O-])[nH]c1=O. The Bertz CT molecular complexity index is 1220. The van der Waals surface area contributed by atoms with Crippen LogP contribution in [0.5, 0.6) is 5.75 Å². The maximum Gasteiger partial charge on any atom is 0.313 e. The average Bonchev–Trinajstić information content (AvgIpc) is 2.70. The van der Waals surface area contributed by atoms with Crippen LogP contribution in [-0.4, -0.2) is 25.7 Å². The second-order valence-corrected chi connectivity index (χ2v) is 5.86. The Kier molecular flexibility index (Phi) is 5.21. The van der Waals surface area contributed by atoms with Crippen LogP contribution >= 0.6 is 0 Å². The largest absolute Gasteiger partial charge is 0.502 e. The van der Waals surface area contributed by atoms with Gasteiger partial charge in [0.1, 0.15) is 11.5 Å². The molecule has 11 heteroatoms. The molecule has 1 amide bonds. The number of nitro benzene ring substituents is 1. The molecule has 0 saturated carbocycles. The Balaban J connectivity index is 1.97. The molecule has 148 valence electrons. The second kappa shape index (κ2) is 7.76. The summed E-state index contributed by atoms with van der Waals surface area (Å²) in [5.74, 6) is -2.67. The van der Waals surface area contributed by atoms with Crippen LogP contribution in [0, 0.1) is 15.9 Å². The van der Waals surface area contributed by atoms with E-state index in [1.807, 2.05) is 0 Å². The molecule has 0 aliphatic heterocycles. The Morgan fingerprint density at radius 1 is 1.17 bits per heavy atom. The summed E-state index contributed by atoms with van der Waals surface area (Å²) in [7, 11) is 0. The minimum atomic E-state index is -1.22. The fourth-order valence-electron chi connectivity index (χ4n) is 2.59. The van der Waals surface area contributed by atoms with Gasteiger partial charge in [0.05, 0.1) is 4.92 Å². The number of carbonyl (C=O) groups excluding carboxylic acids is 1. The number of benzene rings is 2. The van der Waals surface area contributed by atoms with E-state index in [2.05, 4.69) is 10.4 Å². The number of aromatic hydroxyl groups is 1. The quantitative estimate of drug-likeness (QED) is 0.433. The predicted octanol–water partition coefficient (Wildman–Crippen LogP) is 1.21. The molecule has 3 N–H and O–H groups in total. The molecule has 0 aliphatic rings. The van der Waals surface area contributed by atoms with E-state index in [0.29, 0.717) is 10.2 Å². The van der Waals surface area contributed by atoms with Crippen molar-refractivity contribution in [2.24, 2.45) is 0 Å². The number of H-pyrrole nitrogens is 1. The first kappa shape index (κ1) is 19.5. The van der Waals surface area contributed by atoms with E-state index in [-0.39, 0.29) is 12.2 Å². The van der Waals surface area contributed by atoms with Gasteiger partial charge in [-0.25, -0.2) is 9.07 Å². The number of nitrogens with one attached hydrogen (secondary N) is 2. The van der Waals surface area contributed by atoms with E-state index in [1.165, 1.54) is 42.5 Å². The smallest absolute Gasteiger partial charge is 0.313 e. The molecule has 29 heavy (non-hydrogen) atoms. The zero-order valence-electron chi connectivity index (χ0n) is 14.6. The predicted molar refractivity (Wildman–Crippen MR) is 98.5 cm³/mol. The molecule has 0 saturated heterocycles. The first-order valence-electron chi connectivity index (χ1n) is 8.14. The summed E-state index contributed by atoms with van der Waals surface area (Å²) < 4.78 is 13.4. The number of nitro groups is 1. The Morgan fingerprint density at radius 3 is 2.48 bits per heavy atom. The summed E-state index contributed by atoms with van der Waals surface area (Å²) in [6.07, 6.45) is 0. The molecular formula is C18H13FN4O6. The summed E-state index contributed by atoms with van der Waals surface area (Å²) in [5, 5.41) is 25.7. The zero-order chi connectivity index (χ0) is 21.1. The lowest BCUT2D eigenvalue weighted by Gasteiger charge is -2.10. The Morgan fingerprint density at radius 2 is 1.83 bits per heavy atom. The molecular weight excluding hydrogens is 387 g/mol. The number of aromatic amines is 1. The van der Waals surface area contributed by atoms with Crippen molar-refractivity contribution in [3.63, 3.8) is 0 Å². The number of carbonyl (C=O) groups is 1. The molecule has 0 fully saturated rings. The number of nitrogens with zero attached hydrogens (tertiary/aromatic N) is 2. The number of aromatic nitrogens is 2. The summed E-state index contributed by atoms with van der Waals surface area (Å²) in [5.41, 5.74) is -3.44. The molecule has 2 aromatic carbocycles. The number of hydrogen-bond acceptors (Lipinski definition) is 6. The molecule has 3 rings (SSSR count). The van der Waals surface area contributed by atoms with Gasteiger partial charge in [-0.1, -0.05) is 24.3 Å². The van der Waals surface area contributed by atoms with Gasteiger partial charge in [0, 0.05) is 12.6 Å².